The lowest BCUT2D eigenvalue weighted by Crippen LogP contribution is -2.36. The van der Waals surface area contributed by atoms with Crippen molar-refractivity contribution < 1.29 is 14.3 Å². The molecular weight excluding hydrogens is 390 g/mol. The molecule has 0 spiro atoms. The molecule has 0 saturated carbocycles. The van der Waals surface area contributed by atoms with E-state index in [1.165, 1.54) is 5.56 Å². The summed E-state index contributed by atoms with van der Waals surface area (Å²) in [6.45, 7) is 0.196. The highest BCUT2D eigenvalue weighted by Crippen LogP contribution is 2.19. The van der Waals surface area contributed by atoms with Gasteiger partial charge >= 0.3 is 0 Å². The van der Waals surface area contributed by atoms with Gasteiger partial charge in [-0.3, -0.25) is 14.5 Å². The highest BCUT2D eigenvalue weighted by molar-refractivity contribution is 5.95. The van der Waals surface area contributed by atoms with Crippen molar-refractivity contribution in [2.75, 3.05) is 37.9 Å². The molecule has 2 N–H and O–H groups in total. The SMILES string of the molecule is COc1cccc(NC(=O)CN(C)CC(=O)Nc2ccccc2Cc2ccccc2)c1. The van der Waals surface area contributed by atoms with E-state index in [9.17, 15) is 9.59 Å². The average Bonchev–Trinajstić information content (AvgIpc) is 2.75. The number of nitrogens with zero attached hydrogens (tertiary/aromatic N) is 1. The Kier molecular flexibility index (Phi) is 7.79. The second-order valence-corrected chi connectivity index (χ2v) is 7.32. The van der Waals surface area contributed by atoms with E-state index in [1.54, 1.807) is 37.3 Å². The summed E-state index contributed by atoms with van der Waals surface area (Å²) in [5.74, 6) is 0.296. The molecule has 6 nitrogen and oxygen atoms in total. The van der Waals surface area contributed by atoms with Gasteiger partial charge in [0.25, 0.3) is 0 Å². The first-order chi connectivity index (χ1) is 15.0. The fraction of sp³-hybridized carbons (Fsp3) is 0.200. The first-order valence-electron chi connectivity index (χ1n) is 10.1. The van der Waals surface area contributed by atoms with Crippen LogP contribution in [0.25, 0.3) is 0 Å². The van der Waals surface area contributed by atoms with Gasteiger partial charge in [0, 0.05) is 17.4 Å². The van der Waals surface area contributed by atoms with E-state index in [4.69, 9.17) is 4.74 Å². The zero-order valence-electron chi connectivity index (χ0n) is 17.8. The van der Waals surface area contributed by atoms with Gasteiger partial charge < -0.3 is 15.4 Å². The van der Waals surface area contributed by atoms with Crippen LogP contribution >= 0.6 is 0 Å². The number of hydrogen-bond acceptors (Lipinski definition) is 4. The topological polar surface area (TPSA) is 70.7 Å². The fourth-order valence-electron chi connectivity index (χ4n) is 3.25. The number of nitrogens with one attached hydrogen (secondary N) is 2. The minimum absolute atomic E-state index is 0.0935. The lowest BCUT2D eigenvalue weighted by Gasteiger charge is -2.17. The van der Waals surface area contributed by atoms with Crippen LogP contribution in [0.15, 0.2) is 78.9 Å². The Morgan fingerprint density at radius 2 is 1.52 bits per heavy atom. The molecule has 6 heteroatoms. The van der Waals surface area contributed by atoms with E-state index in [0.717, 1.165) is 17.7 Å². The maximum Gasteiger partial charge on any atom is 0.238 e. The Bertz CT molecular complexity index is 1020. The van der Waals surface area contributed by atoms with Crippen molar-refractivity contribution in [1.82, 2.24) is 4.90 Å². The number of methoxy groups -OCH3 is 1. The molecule has 2 amide bonds. The van der Waals surface area contributed by atoms with Crippen LogP contribution < -0.4 is 15.4 Å². The molecule has 3 rings (SSSR count). The summed E-state index contributed by atoms with van der Waals surface area (Å²) < 4.78 is 5.16. The van der Waals surface area contributed by atoms with Crippen LogP contribution in [0.5, 0.6) is 5.75 Å². The van der Waals surface area contributed by atoms with Crippen molar-refractivity contribution >= 4 is 23.2 Å². The van der Waals surface area contributed by atoms with Crippen LogP contribution in [0.4, 0.5) is 11.4 Å². The van der Waals surface area contributed by atoms with Gasteiger partial charge in [0.05, 0.1) is 20.2 Å². The van der Waals surface area contributed by atoms with Crippen LogP contribution in [0.1, 0.15) is 11.1 Å². The van der Waals surface area contributed by atoms with E-state index in [-0.39, 0.29) is 24.9 Å². The maximum atomic E-state index is 12.5. The molecule has 0 radical (unpaired) electrons. The Hall–Kier alpha value is -3.64. The number of likely N-dealkylation sites (N-methyl/N-ethyl adjacent to an activating group) is 1. The summed E-state index contributed by atoms with van der Waals surface area (Å²) in [4.78, 5) is 26.5. The van der Waals surface area contributed by atoms with E-state index in [0.29, 0.717) is 11.4 Å². The third-order valence-electron chi connectivity index (χ3n) is 4.71. The Balaban J connectivity index is 1.53. The summed E-state index contributed by atoms with van der Waals surface area (Å²) in [5.41, 5.74) is 3.65. The fourth-order valence-corrected chi connectivity index (χ4v) is 3.25. The van der Waals surface area contributed by atoms with Crippen molar-refractivity contribution in [1.29, 1.82) is 0 Å². The second-order valence-electron chi connectivity index (χ2n) is 7.32. The Labute approximate surface area is 182 Å². The van der Waals surface area contributed by atoms with Crippen molar-refractivity contribution in [3.05, 3.63) is 90.0 Å². The number of carbonyl (C=O) groups excluding carboxylic acids is 2. The third-order valence-corrected chi connectivity index (χ3v) is 4.71. The summed E-state index contributed by atoms with van der Waals surface area (Å²) in [6, 6.07) is 25.0. The number of para-hydroxylation sites is 1. The number of hydrogen-bond donors (Lipinski definition) is 2. The molecule has 0 unspecified atom stereocenters. The molecule has 31 heavy (non-hydrogen) atoms. The van der Waals surface area contributed by atoms with Gasteiger partial charge in [-0.25, -0.2) is 0 Å². The van der Waals surface area contributed by atoms with Crippen LogP contribution in [0.3, 0.4) is 0 Å². The Morgan fingerprint density at radius 3 is 2.26 bits per heavy atom. The molecule has 3 aromatic rings. The van der Waals surface area contributed by atoms with Crippen molar-refractivity contribution in [2.24, 2.45) is 0 Å². The highest BCUT2D eigenvalue weighted by Gasteiger charge is 2.13. The average molecular weight is 418 g/mol. The number of ether oxygens (including phenoxy) is 1. The van der Waals surface area contributed by atoms with Crippen LogP contribution in [-0.2, 0) is 16.0 Å². The number of anilines is 2. The Morgan fingerprint density at radius 1 is 0.839 bits per heavy atom. The molecule has 0 saturated heterocycles. The van der Waals surface area contributed by atoms with Gasteiger partial charge in [-0.05, 0) is 42.8 Å². The third kappa shape index (κ3) is 6.97. The molecule has 0 aliphatic heterocycles. The van der Waals surface area contributed by atoms with Gasteiger partial charge in [-0.2, -0.15) is 0 Å². The van der Waals surface area contributed by atoms with E-state index < -0.39 is 0 Å². The molecule has 0 aliphatic rings. The minimum atomic E-state index is -0.201. The molecule has 0 aliphatic carbocycles. The highest BCUT2D eigenvalue weighted by atomic mass is 16.5. The predicted octanol–water partition coefficient (Wildman–Crippen LogP) is 3.80. The number of amides is 2. The smallest absolute Gasteiger partial charge is 0.238 e. The van der Waals surface area contributed by atoms with E-state index in [1.807, 2.05) is 48.5 Å². The zero-order chi connectivity index (χ0) is 22.1. The minimum Gasteiger partial charge on any atom is -0.497 e. The largest absolute Gasteiger partial charge is 0.497 e. The molecule has 0 aromatic heterocycles. The molecule has 3 aromatic carbocycles. The number of rotatable bonds is 9. The molecule has 160 valence electrons. The van der Waals surface area contributed by atoms with E-state index in [2.05, 4.69) is 22.8 Å². The van der Waals surface area contributed by atoms with Gasteiger partial charge in [-0.15, -0.1) is 0 Å². The maximum absolute atomic E-state index is 12.5. The van der Waals surface area contributed by atoms with Crippen LogP contribution in [-0.4, -0.2) is 44.0 Å². The normalized spacial score (nSPS) is 10.5. The van der Waals surface area contributed by atoms with Crippen molar-refractivity contribution in [3.8, 4) is 5.75 Å². The summed E-state index contributed by atoms with van der Waals surface area (Å²) in [6.07, 6.45) is 0.732. The van der Waals surface area contributed by atoms with Crippen LogP contribution in [0, 0.1) is 0 Å². The predicted molar refractivity (Wildman–Crippen MR) is 123 cm³/mol. The lowest BCUT2D eigenvalue weighted by molar-refractivity contribution is -0.119. The van der Waals surface area contributed by atoms with Crippen molar-refractivity contribution in [2.45, 2.75) is 6.42 Å². The van der Waals surface area contributed by atoms with Gasteiger partial charge in [0.1, 0.15) is 5.75 Å². The molecular formula is C25H27N3O3. The van der Waals surface area contributed by atoms with Gasteiger partial charge in [0.2, 0.25) is 11.8 Å². The molecule has 0 bridgehead atoms. The monoisotopic (exact) mass is 417 g/mol. The quantitative estimate of drug-likeness (QED) is 0.556. The van der Waals surface area contributed by atoms with Crippen LogP contribution in [0.2, 0.25) is 0 Å². The van der Waals surface area contributed by atoms with E-state index >= 15 is 0 Å². The first-order valence-corrected chi connectivity index (χ1v) is 10.1. The number of carbonyl (C=O) groups is 2. The summed E-state index contributed by atoms with van der Waals surface area (Å²) in [7, 11) is 3.31. The molecule has 0 heterocycles. The first kappa shape index (κ1) is 22.1. The molecule has 0 atom stereocenters. The van der Waals surface area contributed by atoms with Crippen molar-refractivity contribution in [3.63, 3.8) is 0 Å². The van der Waals surface area contributed by atoms with Gasteiger partial charge in [-0.1, -0.05) is 54.6 Å². The summed E-state index contributed by atoms with van der Waals surface area (Å²) in [5, 5.41) is 5.79. The zero-order valence-corrected chi connectivity index (χ0v) is 17.8. The lowest BCUT2D eigenvalue weighted by atomic mass is 10.0. The van der Waals surface area contributed by atoms with Gasteiger partial charge in [0.15, 0.2) is 0 Å². The summed E-state index contributed by atoms with van der Waals surface area (Å²) >= 11 is 0. The molecule has 0 fully saturated rings. The standard InChI is InChI=1S/C25H27N3O3/c1-28(17-24(29)26-21-12-8-13-22(16-21)31-2)18-25(30)27-23-14-7-6-11-20(23)15-19-9-4-3-5-10-19/h3-14,16H,15,17-18H2,1-2H3,(H,26,29)(H,27,30). The second kappa shape index (κ2) is 10.9. The number of benzene rings is 3.